The van der Waals surface area contributed by atoms with Crippen LogP contribution in [0, 0.1) is 11.6 Å². The van der Waals surface area contributed by atoms with Gasteiger partial charge in [-0.3, -0.25) is 4.57 Å². The summed E-state index contributed by atoms with van der Waals surface area (Å²) in [4.78, 5) is 0. The first-order valence-electron chi connectivity index (χ1n) is 8.46. The van der Waals surface area contributed by atoms with E-state index in [0.29, 0.717) is 27.1 Å². The molecule has 0 aliphatic carbocycles. The van der Waals surface area contributed by atoms with Gasteiger partial charge in [0.2, 0.25) is 0 Å². The zero-order valence-electron chi connectivity index (χ0n) is 14.5. The quantitative estimate of drug-likeness (QED) is 0.367. The number of thioether (sulfide) groups is 1. The average molecular weight is 414 g/mol. The van der Waals surface area contributed by atoms with E-state index in [1.165, 1.54) is 23.9 Å². The van der Waals surface area contributed by atoms with Crippen molar-refractivity contribution < 1.29 is 8.78 Å². The van der Waals surface area contributed by atoms with Crippen LogP contribution < -0.4 is 0 Å². The number of aromatic nitrogens is 3. The average Bonchev–Trinajstić information content (AvgIpc) is 3.12. The molecule has 1 aromatic heterocycles. The first kappa shape index (κ1) is 18.7. The Bertz CT molecular complexity index is 1100. The van der Waals surface area contributed by atoms with Crippen molar-refractivity contribution in [3.8, 4) is 17.1 Å². The van der Waals surface area contributed by atoms with Gasteiger partial charge < -0.3 is 0 Å². The van der Waals surface area contributed by atoms with E-state index >= 15 is 0 Å². The van der Waals surface area contributed by atoms with Gasteiger partial charge in [-0.05, 0) is 36.4 Å². The molecular formula is C21H14ClF2N3S. The number of para-hydroxylation sites is 1. The molecule has 3 aromatic carbocycles. The highest BCUT2D eigenvalue weighted by Crippen LogP contribution is 2.32. The minimum absolute atomic E-state index is 0.272. The van der Waals surface area contributed by atoms with E-state index < -0.39 is 0 Å². The zero-order valence-corrected chi connectivity index (χ0v) is 16.1. The lowest BCUT2D eigenvalue weighted by atomic mass is 10.2. The standard InChI is InChI=1S/C21H14ClF2N3S/c22-17-10-6-12-19(24)16(17)13-28-21-26-25-20(15-9-4-5-11-18(15)23)27(21)14-7-2-1-3-8-14/h1-12H,13H2. The molecule has 0 N–H and O–H groups in total. The maximum absolute atomic E-state index is 14.4. The summed E-state index contributed by atoms with van der Waals surface area (Å²) < 4.78 is 30.3. The topological polar surface area (TPSA) is 30.7 Å². The smallest absolute Gasteiger partial charge is 0.196 e. The van der Waals surface area contributed by atoms with E-state index in [1.807, 2.05) is 30.3 Å². The number of hydrogen-bond donors (Lipinski definition) is 0. The second-order valence-corrected chi connectivity index (χ2v) is 7.30. The highest BCUT2D eigenvalue weighted by molar-refractivity contribution is 7.98. The molecule has 28 heavy (non-hydrogen) atoms. The van der Waals surface area contributed by atoms with Gasteiger partial charge in [0, 0.05) is 22.0 Å². The molecule has 0 saturated carbocycles. The summed E-state index contributed by atoms with van der Waals surface area (Å²) in [6, 6.07) is 20.4. The number of benzene rings is 3. The van der Waals surface area contributed by atoms with Gasteiger partial charge >= 0.3 is 0 Å². The zero-order chi connectivity index (χ0) is 19.5. The van der Waals surface area contributed by atoms with Crippen molar-refractivity contribution in [2.24, 2.45) is 0 Å². The number of hydrogen-bond acceptors (Lipinski definition) is 3. The van der Waals surface area contributed by atoms with E-state index in [0.717, 1.165) is 5.69 Å². The molecule has 0 radical (unpaired) electrons. The van der Waals surface area contributed by atoms with E-state index in [4.69, 9.17) is 11.6 Å². The van der Waals surface area contributed by atoms with Crippen molar-refractivity contribution in [3.63, 3.8) is 0 Å². The van der Waals surface area contributed by atoms with Gasteiger partial charge in [0.1, 0.15) is 11.6 Å². The summed E-state index contributed by atoms with van der Waals surface area (Å²) in [5.74, 6) is -0.111. The highest BCUT2D eigenvalue weighted by atomic mass is 35.5. The predicted molar refractivity (Wildman–Crippen MR) is 108 cm³/mol. The van der Waals surface area contributed by atoms with Crippen LogP contribution in [0.1, 0.15) is 5.56 Å². The van der Waals surface area contributed by atoms with Crippen molar-refractivity contribution in [3.05, 3.63) is 95.0 Å². The van der Waals surface area contributed by atoms with Crippen LogP contribution in [0.25, 0.3) is 17.1 Å². The molecule has 0 atom stereocenters. The molecule has 0 unspecified atom stereocenters. The molecule has 0 bridgehead atoms. The van der Waals surface area contributed by atoms with Crippen molar-refractivity contribution in [2.75, 3.05) is 0 Å². The number of halogens is 3. The van der Waals surface area contributed by atoms with Gasteiger partial charge in [0.25, 0.3) is 0 Å². The Kier molecular flexibility index (Phi) is 5.41. The lowest BCUT2D eigenvalue weighted by molar-refractivity contribution is 0.617. The largest absolute Gasteiger partial charge is 0.270 e. The third-order valence-corrected chi connectivity index (χ3v) is 5.48. The summed E-state index contributed by atoms with van der Waals surface area (Å²) >= 11 is 7.42. The molecule has 0 aliphatic rings. The van der Waals surface area contributed by atoms with Gasteiger partial charge in [-0.2, -0.15) is 0 Å². The lowest BCUT2D eigenvalue weighted by Gasteiger charge is -2.11. The van der Waals surface area contributed by atoms with Crippen molar-refractivity contribution in [1.82, 2.24) is 14.8 Å². The van der Waals surface area contributed by atoms with E-state index in [9.17, 15) is 8.78 Å². The Morgan fingerprint density at radius 1 is 0.821 bits per heavy atom. The summed E-state index contributed by atoms with van der Waals surface area (Å²) in [6.45, 7) is 0. The van der Waals surface area contributed by atoms with Crippen molar-refractivity contribution in [1.29, 1.82) is 0 Å². The third kappa shape index (κ3) is 3.66. The monoisotopic (exact) mass is 413 g/mol. The molecule has 4 rings (SSSR count). The van der Waals surface area contributed by atoms with Crippen molar-refractivity contribution >= 4 is 23.4 Å². The van der Waals surface area contributed by atoms with Gasteiger partial charge in [-0.25, -0.2) is 8.78 Å². The molecule has 1 heterocycles. The molecule has 0 saturated heterocycles. The maximum atomic E-state index is 14.4. The van der Waals surface area contributed by atoms with Gasteiger partial charge in [-0.15, -0.1) is 10.2 Å². The fourth-order valence-corrected chi connectivity index (χ4v) is 4.09. The van der Waals surface area contributed by atoms with Crippen LogP contribution in [-0.4, -0.2) is 14.8 Å². The molecule has 140 valence electrons. The van der Waals surface area contributed by atoms with Crippen LogP contribution in [0.2, 0.25) is 5.02 Å². The first-order valence-corrected chi connectivity index (χ1v) is 9.83. The predicted octanol–water partition coefficient (Wildman–Crippen LogP) is 6.16. The lowest BCUT2D eigenvalue weighted by Crippen LogP contribution is -2.01. The van der Waals surface area contributed by atoms with Crippen LogP contribution in [0.15, 0.2) is 78.0 Å². The van der Waals surface area contributed by atoms with Crippen LogP contribution in [-0.2, 0) is 5.75 Å². The SMILES string of the molecule is Fc1ccccc1-c1nnc(SCc2c(F)cccc2Cl)n1-c1ccccc1. The molecule has 3 nitrogen and oxygen atoms in total. The summed E-state index contributed by atoms with van der Waals surface area (Å²) in [5, 5.41) is 9.31. The molecule has 0 spiro atoms. The maximum Gasteiger partial charge on any atom is 0.196 e. The number of nitrogens with zero attached hydrogens (tertiary/aromatic N) is 3. The normalized spacial score (nSPS) is 11.0. The molecule has 7 heteroatoms. The first-order chi connectivity index (χ1) is 13.6. The van der Waals surface area contributed by atoms with Crippen LogP contribution in [0.4, 0.5) is 8.78 Å². The Hall–Kier alpha value is -2.70. The van der Waals surface area contributed by atoms with Crippen LogP contribution in [0.5, 0.6) is 0 Å². The fourth-order valence-electron chi connectivity index (χ4n) is 2.80. The summed E-state index contributed by atoms with van der Waals surface area (Å²) in [7, 11) is 0. The van der Waals surface area contributed by atoms with E-state index in [2.05, 4.69) is 10.2 Å². The molecule has 0 aliphatic heterocycles. The van der Waals surface area contributed by atoms with Gasteiger partial charge in [-0.1, -0.05) is 59.8 Å². The Labute approximate surface area is 170 Å². The Morgan fingerprint density at radius 2 is 1.54 bits per heavy atom. The third-order valence-electron chi connectivity index (χ3n) is 4.17. The molecule has 4 aromatic rings. The fraction of sp³-hybridized carbons (Fsp3) is 0.0476. The van der Waals surface area contributed by atoms with Crippen LogP contribution in [0.3, 0.4) is 0 Å². The van der Waals surface area contributed by atoms with E-state index in [1.54, 1.807) is 34.9 Å². The summed E-state index contributed by atoms with van der Waals surface area (Å²) in [5.41, 5.74) is 1.52. The van der Waals surface area contributed by atoms with Gasteiger partial charge in [0.05, 0.1) is 5.56 Å². The van der Waals surface area contributed by atoms with E-state index in [-0.39, 0.29) is 17.4 Å². The number of rotatable bonds is 5. The van der Waals surface area contributed by atoms with Crippen LogP contribution >= 0.6 is 23.4 Å². The second-order valence-electron chi connectivity index (χ2n) is 5.95. The molecular weight excluding hydrogens is 400 g/mol. The minimum atomic E-state index is -0.388. The highest BCUT2D eigenvalue weighted by Gasteiger charge is 2.19. The Balaban J connectivity index is 1.77. The molecule has 0 fully saturated rings. The minimum Gasteiger partial charge on any atom is -0.270 e. The van der Waals surface area contributed by atoms with Crippen molar-refractivity contribution in [2.45, 2.75) is 10.9 Å². The second kappa shape index (κ2) is 8.12. The summed E-state index contributed by atoms with van der Waals surface area (Å²) in [6.07, 6.45) is 0. The van der Waals surface area contributed by atoms with Gasteiger partial charge in [0.15, 0.2) is 11.0 Å². The Morgan fingerprint density at radius 3 is 2.29 bits per heavy atom. The molecule has 0 amide bonds.